The van der Waals surface area contributed by atoms with Crippen molar-refractivity contribution in [2.45, 2.75) is 26.4 Å². The van der Waals surface area contributed by atoms with Gasteiger partial charge in [-0.3, -0.25) is 4.99 Å². The number of aliphatic imine (C=N–C) groups is 1. The maximum atomic E-state index is 5.84. The maximum Gasteiger partial charge on any atom is 0.214 e. The van der Waals surface area contributed by atoms with E-state index >= 15 is 0 Å². The number of aryl methyl sites for hydroxylation is 1. The third-order valence-corrected chi connectivity index (χ3v) is 4.17. The third-order valence-electron chi connectivity index (χ3n) is 4.17. The molecule has 3 aromatic rings. The highest BCUT2D eigenvalue weighted by Crippen LogP contribution is 2.20. The van der Waals surface area contributed by atoms with Gasteiger partial charge in [-0.15, -0.1) is 24.0 Å². The number of hydrogen-bond donors (Lipinski definition) is 2. The quantitative estimate of drug-likeness (QED) is 0.319. The molecule has 0 aliphatic carbocycles. The van der Waals surface area contributed by atoms with E-state index in [2.05, 4.69) is 58.7 Å². The summed E-state index contributed by atoms with van der Waals surface area (Å²) in [5.41, 5.74) is 3.44. The summed E-state index contributed by atoms with van der Waals surface area (Å²) in [5.74, 6) is 2.09. The van der Waals surface area contributed by atoms with Gasteiger partial charge in [-0.05, 0) is 19.4 Å². The third kappa shape index (κ3) is 5.82. The van der Waals surface area contributed by atoms with Gasteiger partial charge in [0.15, 0.2) is 11.7 Å². The summed E-state index contributed by atoms with van der Waals surface area (Å²) in [6.07, 6.45) is 1.75. The van der Waals surface area contributed by atoms with Crippen molar-refractivity contribution in [3.63, 3.8) is 0 Å². The van der Waals surface area contributed by atoms with Crippen LogP contribution in [0.3, 0.4) is 0 Å². The minimum atomic E-state index is 0. The van der Waals surface area contributed by atoms with E-state index in [1.165, 1.54) is 11.1 Å². The second kappa shape index (κ2) is 10.1. The standard InChI is InChI=1S/C21H24N4O.HI/c1-15-9-11-18(12-10-15)19-13-23-20(26-19)14-24-21(22-3)25-16(2)17-7-5-4-6-8-17;/h4-13,16H,14H2,1-3H3,(H2,22,24,25);1H. The Balaban J connectivity index is 0.00000261. The van der Waals surface area contributed by atoms with E-state index in [0.29, 0.717) is 18.4 Å². The Bertz CT molecular complexity index is 859. The van der Waals surface area contributed by atoms with E-state index in [4.69, 9.17) is 4.42 Å². The number of aromatic nitrogens is 1. The summed E-state index contributed by atoms with van der Waals surface area (Å²) in [6, 6.07) is 18.6. The van der Waals surface area contributed by atoms with Gasteiger partial charge in [-0.25, -0.2) is 4.98 Å². The van der Waals surface area contributed by atoms with Crippen molar-refractivity contribution >= 4 is 29.9 Å². The topological polar surface area (TPSA) is 62.5 Å². The van der Waals surface area contributed by atoms with Gasteiger partial charge < -0.3 is 15.1 Å². The lowest BCUT2D eigenvalue weighted by Crippen LogP contribution is -2.38. The van der Waals surface area contributed by atoms with E-state index in [9.17, 15) is 0 Å². The molecule has 0 aliphatic heterocycles. The van der Waals surface area contributed by atoms with Crippen LogP contribution in [0, 0.1) is 6.92 Å². The average Bonchev–Trinajstić information content (AvgIpc) is 3.15. The summed E-state index contributed by atoms with van der Waals surface area (Å²) < 4.78 is 5.84. The van der Waals surface area contributed by atoms with Crippen LogP contribution in [-0.4, -0.2) is 18.0 Å². The van der Waals surface area contributed by atoms with Gasteiger partial charge in [-0.1, -0.05) is 60.2 Å². The highest BCUT2D eigenvalue weighted by molar-refractivity contribution is 14.0. The number of guanidine groups is 1. The first-order valence-corrected chi connectivity index (χ1v) is 8.69. The second-order valence-corrected chi connectivity index (χ2v) is 6.19. The summed E-state index contributed by atoms with van der Waals surface area (Å²) in [7, 11) is 1.75. The molecule has 2 N–H and O–H groups in total. The van der Waals surface area contributed by atoms with E-state index in [1.807, 2.05) is 30.3 Å². The van der Waals surface area contributed by atoms with Gasteiger partial charge in [0.1, 0.15) is 0 Å². The molecule has 27 heavy (non-hydrogen) atoms. The lowest BCUT2D eigenvalue weighted by atomic mass is 10.1. The Hall–Kier alpha value is -2.35. The molecule has 0 amide bonds. The minimum absolute atomic E-state index is 0. The molecule has 3 rings (SSSR count). The lowest BCUT2D eigenvalue weighted by molar-refractivity contribution is 0.496. The van der Waals surface area contributed by atoms with Crippen LogP contribution in [0.5, 0.6) is 0 Å². The van der Waals surface area contributed by atoms with E-state index < -0.39 is 0 Å². The molecule has 0 spiro atoms. The molecule has 1 unspecified atom stereocenters. The number of halogens is 1. The number of oxazole rings is 1. The Labute approximate surface area is 177 Å². The molecule has 6 heteroatoms. The largest absolute Gasteiger partial charge is 0.439 e. The second-order valence-electron chi connectivity index (χ2n) is 6.19. The first kappa shape index (κ1) is 21.0. The monoisotopic (exact) mass is 476 g/mol. The fourth-order valence-electron chi connectivity index (χ4n) is 2.63. The molecular weight excluding hydrogens is 451 g/mol. The number of rotatable bonds is 5. The molecule has 5 nitrogen and oxygen atoms in total. The van der Waals surface area contributed by atoms with Crippen molar-refractivity contribution < 1.29 is 4.42 Å². The van der Waals surface area contributed by atoms with Gasteiger partial charge in [-0.2, -0.15) is 0 Å². The van der Waals surface area contributed by atoms with Crippen molar-refractivity contribution in [2.75, 3.05) is 7.05 Å². The molecule has 0 radical (unpaired) electrons. The fourth-order valence-corrected chi connectivity index (χ4v) is 2.63. The Kier molecular flexibility index (Phi) is 7.84. The van der Waals surface area contributed by atoms with Crippen LogP contribution < -0.4 is 10.6 Å². The zero-order valence-corrected chi connectivity index (χ0v) is 18.1. The molecule has 0 aliphatic rings. The summed E-state index contributed by atoms with van der Waals surface area (Å²) >= 11 is 0. The fraction of sp³-hybridized carbons (Fsp3) is 0.238. The van der Waals surface area contributed by atoms with Crippen LogP contribution in [0.1, 0.15) is 30.0 Å². The predicted molar refractivity (Wildman–Crippen MR) is 120 cm³/mol. The molecule has 0 bridgehead atoms. The number of benzene rings is 2. The maximum absolute atomic E-state index is 5.84. The van der Waals surface area contributed by atoms with E-state index in [-0.39, 0.29) is 30.0 Å². The molecular formula is C21H25IN4O. The van der Waals surface area contributed by atoms with E-state index in [0.717, 1.165) is 11.3 Å². The molecule has 0 saturated carbocycles. The molecule has 1 aromatic heterocycles. The molecule has 142 valence electrons. The van der Waals surface area contributed by atoms with Gasteiger partial charge >= 0.3 is 0 Å². The van der Waals surface area contributed by atoms with Crippen molar-refractivity contribution in [3.8, 4) is 11.3 Å². The smallest absolute Gasteiger partial charge is 0.214 e. The van der Waals surface area contributed by atoms with Crippen LogP contribution >= 0.6 is 24.0 Å². The van der Waals surface area contributed by atoms with Crippen molar-refractivity contribution in [3.05, 3.63) is 77.8 Å². The minimum Gasteiger partial charge on any atom is -0.439 e. The summed E-state index contributed by atoms with van der Waals surface area (Å²) in [6.45, 7) is 4.63. The normalized spacial score (nSPS) is 12.2. The van der Waals surface area contributed by atoms with E-state index in [1.54, 1.807) is 13.2 Å². The molecule has 2 aromatic carbocycles. The number of nitrogens with zero attached hydrogens (tertiary/aromatic N) is 2. The molecule has 0 saturated heterocycles. The van der Waals surface area contributed by atoms with Crippen LogP contribution in [0.2, 0.25) is 0 Å². The number of hydrogen-bond acceptors (Lipinski definition) is 3. The van der Waals surface area contributed by atoms with Crippen molar-refractivity contribution in [1.29, 1.82) is 0 Å². The SMILES string of the molecule is CN=C(NCc1ncc(-c2ccc(C)cc2)o1)NC(C)c1ccccc1.I. The highest BCUT2D eigenvalue weighted by atomic mass is 127. The van der Waals surface area contributed by atoms with Crippen LogP contribution in [0.25, 0.3) is 11.3 Å². The molecule has 1 atom stereocenters. The Morgan fingerprint density at radius 2 is 1.81 bits per heavy atom. The first-order chi connectivity index (χ1) is 12.7. The van der Waals surface area contributed by atoms with Gasteiger partial charge in [0.05, 0.1) is 18.8 Å². The van der Waals surface area contributed by atoms with Crippen LogP contribution in [0.4, 0.5) is 0 Å². The highest BCUT2D eigenvalue weighted by Gasteiger charge is 2.10. The van der Waals surface area contributed by atoms with Gasteiger partial charge in [0, 0.05) is 12.6 Å². The Morgan fingerprint density at radius 1 is 1.11 bits per heavy atom. The van der Waals surface area contributed by atoms with Crippen molar-refractivity contribution in [2.24, 2.45) is 4.99 Å². The summed E-state index contributed by atoms with van der Waals surface area (Å²) in [5, 5.41) is 6.61. The number of nitrogens with one attached hydrogen (secondary N) is 2. The first-order valence-electron chi connectivity index (χ1n) is 8.69. The van der Waals surface area contributed by atoms with Crippen molar-refractivity contribution in [1.82, 2.24) is 15.6 Å². The Morgan fingerprint density at radius 3 is 2.48 bits per heavy atom. The summed E-state index contributed by atoms with van der Waals surface area (Å²) in [4.78, 5) is 8.61. The van der Waals surface area contributed by atoms with Crippen LogP contribution in [0.15, 0.2) is 70.2 Å². The van der Waals surface area contributed by atoms with Gasteiger partial charge in [0.2, 0.25) is 5.89 Å². The van der Waals surface area contributed by atoms with Crippen LogP contribution in [-0.2, 0) is 6.54 Å². The lowest BCUT2D eigenvalue weighted by Gasteiger charge is -2.17. The molecule has 0 fully saturated rings. The zero-order valence-electron chi connectivity index (χ0n) is 15.8. The molecule has 1 heterocycles. The van der Waals surface area contributed by atoms with Gasteiger partial charge in [0.25, 0.3) is 0 Å². The zero-order chi connectivity index (χ0) is 18.4. The predicted octanol–water partition coefficient (Wildman–Crippen LogP) is 4.69. The average molecular weight is 476 g/mol.